The molecule has 2 atom stereocenters. The summed E-state index contributed by atoms with van der Waals surface area (Å²) in [5.74, 6) is 0. The number of aryl methyl sites for hydroxylation is 2. The molecule has 1 N–H and O–H groups in total. The lowest BCUT2D eigenvalue weighted by Gasteiger charge is -2.28. The highest BCUT2D eigenvalue weighted by Crippen LogP contribution is 2.21. The van der Waals surface area contributed by atoms with Gasteiger partial charge in [0.15, 0.2) is 5.65 Å². The van der Waals surface area contributed by atoms with Gasteiger partial charge in [0.2, 0.25) is 0 Å². The van der Waals surface area contributed by atoms with Crippen molar-refractivity contribution >= 4 is 22.8 Å². The van der Waals surface area contributed by atoms with Crippen LogP contribution in [0.5, 0.6) is 0 Å². The topological polar surface area (TPSA) is 81.5 Å². The first-order valence-electron chi connectivity index (χ1n) is 9.68. The van der Waals surface area contributed by atoms with Gasteiger partial charge in [-0.15, -0.1) is 0 Å². The van der Waals surface area contributed by atoms with E-state index < -0.39 is 0 Å². The molecule has 8 heteroatoms. The molecule has 0 unspecified atom stereocenters. The Hall–Kier alpha value is -2.19. The zero-order valence-electron chi connectivity index (χ0n) is 16.0. The molecule has 0 aliphatic carbocycles. The summed E-state index contributed by atoms with van der Waals surface area (Å²) in [6, 6.07) is 1.79. The summed E-state index contributed by atoms with van der Waals surface area (Å²) in [4.78, 5) is 19.2. The van der Waals surface area contributed by atoms with Crippen LogP contribution >= 0.6 is 0 Å². The third-order valence-electron chi connectivity index (χ3n) is 5.30. The number of anilines is 1. The Kier molecular flexibility index (Phi) is 5.27. The van der Waals surface area contributed by atoms with Gasteiger partial charge in [0.05, 0.1) is 29.8 Å². The maximum Gasteiger partial charge on any atom is 0.322 e. The Labute approximate surface area is 158 Å². The monoisotopic (exact) mass is 373 g/mol. The zero-order valence-corrected chi connectivity index (χ0v) is 16.0. The van der Waals surface area contributed by atoms with E-state index in [0.717, 1.165) is 55.6 Å². The number of hydrogen-bond donors (Lipinski definition) is 1. The van der Waals surface area contributed by atoms with Crippen LogP contribution in [0.25, 0.3) is 11.0 Å². The lowest BCUT2D eigenvalue weighted by Crippen LogP contribution is -2.44. The summed E-state index contributed by atoms with van der Waals surface area (Å²) < 4.78 is 13.2. The van der Waals surface area contributed by atoms with Gasteiger partial charge in [0.25, 0.3) is 0 Å². The van der Waals surface area contributed by atoms with Crippen LogP contribution in [-0.4, -0.2) is 64.2 Å². The second kappa shape index (κ2) is 7.82. The number of fused-ring (bicyclic) bond motifs is 1. The van der Waals surface area contributed by atoms with Crippen molar-refractivity contribution in [3.05, 3.63) is 18.0 Å². The van der Waals surface area contributed by atoms with E-state index in [1.54, 1.807) is 10.9 Å². The molecular formula is C19H27N5O3. The number of hydrogen-bond acceptors (Lipinski definition) is 5. The van der Waals surface area contributed by atoms with Crippen molar-refractivity contribution in [2.75, 3.05) is 31.6 Å². The second-order valence-electron chi connectivity index (χ2n) is 7.41. The van der Waals surface area contributed by atoms with Gasteiger partial charge in [-0.25, -0.2) is 9.78 Å². The van der Waals surface area contributed by atoms with Crippen molar-refractivity contribution in [1.82, 2.24) is 19.7 Å². The molecule has 4 rings (SSSR count). The van der Waals surface area contributed by atoms with Crippen molar-refractivity contribution in [1.29, 1.82) is 0 Å². The minimum atomic E-state index is -0.135. The van der Waals surface area contributed by atoms with Gasteiger partial charge in [0.1, 0.15) is 0 Å². The molecule has 2 aliphatic heterocycles. The zero-order chi connectivity index (χ0) is 18.8. The van der Waals surface area contributed by atoms with Gasteiger partial charge in [0, 0.05) is 38.7 Å². The number of ether oxygens (including phenoxy) is 2. The molecule has 146 valence electrons. The molecule has 2 aromatic rings. The van der Waals surface area contributed by atoms with E-state index in [0.29, 0.717) is 18.8 Å². The fourth-order valence-electron chi connectivity index (χ4n) is 3.89. The maximum absolute atomic E-state index is 13.0. The molecule has 2 amide bonds. The smallest absolute Gasteiger partial charge is 0.322 e. The molecule has 0 spiro atoms. The van der Waals surface area contributed by atoms with Gasteiger partial charge in [-0.2, -0.15) is 5.10 Å². The summed E-state index contributed by atoms with van der Waals surface area (Å²) in [6.07, 6.45) is 6.01. The summed E-state index contributed by atoms with van der Waals surface area (Å²) >= 11 is 0. The van der Waals surface area contributed by atoms with Crippen LogP contribution in [0.1, 0.15) is 31.4 Å². The highest BCUT2D eigenvalue weighted by Gasteiger charge is 2.27. The number of nitrogens with zero attached hydrogens (tertiary/aromatic N) is 4. The largest absolute Gasteiger partial charge is 0.376 e. The fourth-order valence-corrected chi connectivity index (χ4v) is 3.89. The maximum atomic E-state index is 13.0. The Balaban J connectivity index is 1.48. The minimum Gasteiger partial charge on any atom is -0.376 e. The average Bonchev–Trinajstić information content (AvgIpc) is 3.39. The van der Waals surface area contributed by atoms with Crippen molar-refractivity contribution < 1.29 is 14.3 Å². The van der Waals surface area contributed by atoms with Gasteiger partial charge in [-0.1, -0.05) is 0 Å². The number of pyridine rings is 1. The number of aromatic nitrogens is 3. The highest BCUT2D eigenvalue weighted by atomic mass is 16.5. The Morgan fingerprint density at radius 1 is 1.26 bits per heavy atom. The molecule has 2 aliphatic rings. The molecule has 2 aromatic heterocycles. The Morgan fingerprint density at radius 3 is 2.52 bits per heavy atom. The number of carbonyl (C=O) groups is 1. The molecule has 0 bridgehead atoms. The van der Waals surface area contributed by atoms with Crippen LogP contribution in [0.4, 0.5) is 10.5 Å². The van der Waals surface area contributed by atoms with E-state index >= 15 is 0 Å². The Bertz CT molecular complexity index is 791. The fraction of sp³-hybridized carbons (Fsp3) is 0.632. The second-order valence-corrected chi connectivity index (χ2v) is 7.41. The third-order valence-corrected chi connectivity index (χ3v) is 5.30. The van der Waals surface area contributed by atoms with E-state index in [-0.39, 0.29) is 18.2 Å². The first-order valence-corrected chi connectivity index (χ1v) is 9.68. The summed E-state index contributed by atoms with van der Waals surface area (Å²) in [6.45, 7) is 4.68. The van der Waals surface area contributed by atoms with Crippen LogP contribution < -0.4 is 5.32 Å². The molecule has 27 heavy (non-hydrogen) atoms. The molecule has 0 aromatic carbocycles. The first-order chi connectivity index (χ1) is 13.1. The molecule has 2 fully saturated rings. The molecule has 0 radical (unpaired) electrons. The molecule has 0 saturated carbocycles. The normalized spacial score (nSPS) is 22.4. The lowest BCUT2D eigenvalue weighted by atomic mass is 10.2. The molecule has 2 saturated heterocycles. The van der Waals surface area contributed by atoms with E-state index in [4.69, 9.17) is 9.47 Å². The first kappa shape index (κ1) is 18.2. The van der Waals surface area contributed by atoms with E-state index in [1.807, 2.05) is 24.9 Å². The molecular weight excluding hydrogens is 346 g/mol. The highest BCUT2D eigenvalue weighted by molar-refractivity contribution is 5.92. The summed E-state index contributed by atoms with van der Waals surface area (Å²) in [7, 11) is 1.87. The predicted octanol–water partition coefficient (Wildman–Crippen LogP) is 2.47. The van der Waals surface area contributed by atoms with E-state index in [9.17, 15) is 4.79 Å². The minimum absolute atomic E-state index is 0.110. The summed E-state index contributed by atoms with van der Waals surface area (Å²) in [5, 5.41) is 8.32. The molecule has 8 nitrogen and oxygen atoms in total. The number of amides is 2. The van der Waals surface area contributed by atoms with Gasteiger partial charge >= 0.3 is 6.03 Å². The van der Waals surface area contributed by atoms with Crippen molar-refractivity contribution in [3.63, 3.8) is 0 Å². The number of nitrogens with one attached hydrogen (secondary N) is 1. The predicted molar refractivity (Wildman–Crippen MR) is 102 cm³/mol. The van der Waals surface area contributed by atoms with Gasteiger partial charge in [-0.05, 0) is 38.7 Å². The lowest BCUT2D eigenvalue weighted by molar-refractivity contribution is 0.0524. The van der Waals surface area contributed by atoms with Crippen LogP contribution in [-0.2, 0) is 16.5 Å². The van der Waals surface area contributed by atoms with Gasteiger partial charge < -0.3 is 19.7 Å². The SMILES string of the molecule is Cc1nn(C)c2ncc(NC(=O)N(C[C@@H]3CCCO3)C[C@@H]3CCCO3)cc12. The van der Waals surface area contributed by atoms with Crippen LogP contribution in [0.2, 0.25) is 0 Å². The van der Waals surface area contributed by atoms with Crippen molar-refractivity contribution in [3.8, 4) is 0 Å². The number of rotatable bonds is 5. The van der Waals surface area contributed by atoms with Crippen LogP contribution in [0, 0.1) is 6.92 Å². The summed E-state index contributed by atoms with van der Waals surface area (Å²) in [5.41, 5.74) is 2.38. The molecule has 4 heterocycles. The van der Waals surface area contributed by atoms with Crippen molar-refractivity contribution in [2.45, 2.75) is 44.8 Å². The third kappa shape index (κ3) is 4.06. The van der Waals surface area contributed by atoms with Crippen LogP contribution in [0.15, 0.2) is 12.3 Å². The Morgan fingerprint density at radius 2 is 1.93 bits per heavy atom. The number of urea groups is 1. The number of carbonyl (C=O) groups excluding carboxylic acids is 1. The van der Waals surface area contributed by atoms with E-state index in [2.05, 4.69) is 15.4 Å². The quantitative estimate of drug-likeness (QED) is 0.871. The van der Waals surface area contributed by atoms with Crippen LogP contribution in [0.3, 0.4) is 0 Å². The van der Waals surface area contributed by atoms with Crippen molar-refractivity contribution in [2.24, 2.45) is 7.05 Å². The standard InChI is InChI=1S/C19H27N5O3/c1-13-17-9-14(10-20-18(17)23(2)22-13)21-19(25)24(11-15-5-3-7-26-15)12-16-6-4-8-27-16/h9-10,15-16H,3-8,11-12H2,1-2H3,(H,21,25)/t15-,16-/m0/s1. The van der Waals surface area contributed by atoms with E-state index in [1.165, 1.54) is 0 Å². The van der Waals surface area contributed by atoms with Gasteiger partial charge in [-0.3, -0.25) is 4.68 Å². The average molecular weight is 373 g/mol.